The largest absolute Gasteiger partial charge is 0.310 e. The lowest BCUT2D eigenvalue weighted by molar-refractivity contribution is 0.371. The molecule has 0 heterocycles. The van der Waals surface area contributed by atoms with E-state index in [0.29, 0.717) is 12.0 Å². The number of aryl methyl sites for hydroxylation is 1. The fraction of sp³-hybridized carbons (Fsp3) is 0.474. The normalized spacial score (nSPS) is 14.4. The molecular weight excluding hydrogens is 242 g/mol. The summed E-state index contributed by atoms with van der Waals surface area (Å²) in [5.74, 6) is 0.658. The highest BCUT2D eigenvalue weighted by Gasteiger charge is 2.19. The Kier molecular flexibility index (Phi) is 5.19. The zero-order valence-electron chi connectivity index (χ0n) is 13.2. The van der Waals surface area contributed by atoms with Gasteiger partial charge >= 0.3 is 0 Å². The van der Waals surface area contributed by atoms with Crippen molar-refractivity contribution in [1.82, 2.24) is 5.32 Å². The third-order valence-electron chi connectivity index (χ3n) is 4.25. The number of fused-ring (bicyclic) bond motifs is 1. The van der Waals surface area contributed by atoms with Gasteiger partial charge in [-0.1, -0.05) is 63.6 Å². The van der Waals surface area contributed by atoms with Gasteiger partial charge in [-0.15, -0.1) is 0 Å². The smallest absolute Gasteiger partial charge is 0.0352 e. The van der Waals surface area contributed by atoms with E-state index in [1.165, 1.54) is 34.7 Å². The Morgan fingerprint density at radius 3 is 2.35 bits per heavy atom. The van der Waals surface area contributed by atoms with E-state index >= 15 is 0 Å². The lowest BCUT2D eigenvalue weighted by atomic mass is 9.87. The molecule has 0 aliphatic heterocycles. The van der Waals surface area contributed by atoms with Gasteiger partial charge in [-0.3, -0.25) is 0 Å². The van der Waals surface area contributed by atoms with Crippen LogP contribution in [0.25, 0.3) is 10.8 Å². The highest BCUT2D eigenvalue weighted by Crippen LogP contribution is 2.32. The van der Waals surface area contributed by atoms with Crippen LogP contribution in [-0.4, -0.2) is 6.54 Å². The molecule has 1 nitrogen and oxygen atoms in total. The van der Waals surface area contributed by atoms with Crippen molar-refractivity contribution in [3.63, 3.8) is 0 Å². The van der Waals surface area contributed by atoms with Crippen LogP contribution in [0, 0.1) is 12.8 Å². The minimum absolute atomic E-state index is 0.449. The summed E-state index contributed by atoms with van der Waals surface area (Å²) in [7, 11) is 0. The van der Waals surface area contributed by atoms with Crippen LogP contribution in [-0.2, 0) is 0 Å². The van der Waals surface area contributed by atoms with Gasteiger partial charge in [-0.05, 0) is 47.7 Å². The molecule has 2 aromatic rings. The average Bonchev–Trinajstić information content (AvgIpc) is 2.46. The summed E-state index contributed by atoms with van der Waals surface area (Å²) in [5.41, 5.74) is 2.82. The van der Waals surface area contributed by atoms with Crippen LogP contribution in [0.15, 0.2) is 36.4 Å². The molecule has 0 aromatic heterocycles. The van der Waals surface area contributed by atoms with Gasteiger partial charge < -0.3 is 5.32 Å². The molecule has 20 heavy (non-hydrogen) atoms. The minimum atomic E-state index is 0.449. The monoisotopic (exact) mass is 269 g/mol. The maximum atomic E-state index is 3.70. The fourth-order valence-electron chi connectivity index (χ4n) is 3.20. The third kappa shape index (κ3) is 3.04. The first-order valence-corrected chi connectivity index (χ1v) is 7.90. The predicted molar refractivity (Wildman–Crippen MR) is 89.2 cm³/mol. The maximum absolute atomic E-state index is 3.70. The SMILES string of the molecule is CCCC(C)C(NCC)c1ccc(C)c2ccccc12. The van der Waals surface area contributed by atoms with Crippen molar-refractivity contribution in [2.75, 3.05) is 6.54 Å². The second-order valence-corrected chi connectivity index (χ2v) is 5.82. The van der Waals surface area contributed by atoms with Gasteiger partial charge in [-0.25, -0.2) is 0 Å². The van der Waals surface area contributed by atoms with Crippen LogP contribution in [0.5, 0.6) is 0 Å². The van der Waals surface area contributed by atoms with Crippen LogP contribution >= 0.6 is 0 Å². The molecule has 0 saturated carbocycles. The summed E-state index contributed by atoms with van der Waals surface area (Å²) in [6, 6.07) is 13.8. The third-order valence-corrected chi connectivity index (χ3v) is 4.25. The van der Waals surface area contributed by atoms with Gasteiger partial charge in [0.2, 0.25) is 0 Å². The Morgan fingerprint density at radius 1 is 1.00 bits per heavy atom. The fourth-order valence-corrected chi connectivity index (χ4v) is 3.20. The first-order valence-electron chi connectivity index (χ1n) is 7.90. The molecule has 0 amide bonds. The van der Waals surface area contributed by atoms with E-state index in [1.54, 1.807) is 0 Å². The van der Waals surface area contributed by atoms with E-state index in [2.05, 4.69) is 69.4 Å². The summed E-state index contributed by atoms with van der Waals surface area (Å²) in [4.78, 5) is 0. The summed E-state index contributed by atoms with van der Waals surface area (Å²) in [6.45, 7) is 10.0. The van der Waals surface area contributed by atoms with E-state index in [0.717, 1.165) is 6.54 Å². The quantitative estimate of drug-likeness (QED) is 0.756. The van der Waals surface area contributed by atoms with Crippen molar-refractivity contribution in [1.29, 1.82) is 0 Å². The van der Waals surface area contributed by atoms with E-state index in [4.69, 9.17) is 0 Å². The Morgan fingerprint density at radius 2 is 1.70 bits per heavy atom. The number of rotatable bonds is 6. The second-order valence-electron chi connectivity index (χ2n) is 5.82. The average molecular weight is 269 g/mol. The van der Waals surface area contributed by atoms with E-state index in [1.807, 2.05) is 0 Å². The highest BCUT2D eigenvalue weighted by molar-refractivity contribution is 5.88. The maximum Gasteiger partial charge on any atom is 0.0352 e. The molecule has 2 atom stereocenters. The first-order chi connectivity index (χ1) is 9.69. The molecule has 0 radical (unpaired) electrons. The lowest BCUT2D eigenvalue weighted by Crippen LogP contribution is -2.27. The Bertz CT molecular complexity index is 559. The Labute approximate surface area is 123 Å². The molecule has 2 aromatic carbocycles. The first kappa shape index (κ1) is 15.1. The van der Waals surface area contributed by atoms with Crippen molar-refractivity contribution < 1.29 is 0 Å². The molecule has 2 rings (SSSR count). The molecule has 2 unspecified atom stereocenters. The summed E-state index contributed by atoms with van der Waals surface area (Å²) in [5, 5.41) is 6.48. The van der Waals surface area contributed by atoms with Crippen molar-refractivity contribution in [3.05, 3.63) is 47.5 Å². The standard InChI is InChI=1S/C19H27N/c1-5-9-15(4)19(20-6-2)18-13-12-14(3)16-10-7-8-11-17(16)18/h7-8,10-13,15,19-20H,5-6,9H2,1-4H3. The Hall–Kier alpha value is -1.34. The molecular formula is C19H27N. The van der Waals surface area contributed by atoms with Gasteiger partial charge in [0, 0.05) is 6.04 Å². The van der Waals surface area contributed by atoms with Crippen LogP contribution in [0.4, 0.5) is 0 Å². The molecule has 108 valence electrons. The molecule has 1 heteroatoms. The summed E-state index contributed by atoms with van der Waals surface area (Å²) < 4.78 is 0. The van der Waals surface area contributed by atoms with E-state index < -0.39 is 0 Å². The molecule has 0 aliphatic carbocycles. The van der Waals surface area contributed by atoms with E-state index in [-0.39, 0.29) is 0 Å². The van der Waals surface area contributed by atoms with Crippen molar-refractivity contribution in [2.45, 2.75) is 46.6 Å². The highest BCUT2D eigenvalue weighted by atomic mass is 14.9. The predicted octanol–water partition coefficient (Wildman–Crippen LogP) is 5.24. The van der Waals surface area contributed by atoms with Gasteiger partial charge in [0.15, 0.2) is 0 Å². The molecule has 0 aliphatic rings. The zero-order valence-corrected chi connectivity index (χ0v) is 13.2. The van der Waals surface area contributed by atoms with Gasteiger partial charge in [-0.2, -0.15) is 0 Å². The molecule has 0 fully saturated rings. The van der Waals surface area contributed by atoms with Gasteiger partial charge in [0.05, 0.1) is 0 Å². The van der Waals surface area contributed by atoms with Crippen LogP contribution in [0.3, 0.4) is 0 Å². The van der Waals surface area contributed by atoms with Crippen molar-refractivity contribution >= 4 is 10.8 Å². The second kappa shape index (κ2) is 6.90. The topological polar surface area (TPSA) is 12.0 Å². The van der Waals surface area contributed by atoms with Crippen molar-refractivity contribution in [2.24, 2.45) is 5.92 Å². The van der Waals surface area contributed by atoms with E-state index in [9.17, 15) is 0 Å². The molecule has 0 saturated heterocycles. The number of benzene rings is 2. The van der Waals surface area contributed by atoms with Crippen molar-refractivity contribution in [3.8, 4) is 0 Å². The van der Waals surface area contributed by atoms with Crippen LogP contribution in [0.2, 0.25) is 0 Å². The van der Waals surface area contributed by atoms with Gasteiger partial charge in [0.1, 0.15) is 0 Å². The zero-order chi connectivity index (χ0) is 14.5. The molecule has 1 N–H and O–H groups in total. The van der Waals surface area contributed by atoms with Gasteiger partial charge in [0.25, 0.3) is 0 Å². The number of nitrogens with one attached hydrogen (secondary N) is 1. The number of hydrogen-bond donors (Lipinski definition) is 1. The molecule has 0 bridgehead atoms. The number of hydrogen-bond acceptors (Lipinski definition) is 1. The summed E-state index contributed by atoms with van der Waals surface area (Å²) in [6.07, 6.45) is 2.51. The lowest BCUT2D eigenvalue weighted by Gasteiger charge is -2.26. The Balaban J connectivity index is 2.50. The minimum Gasteiger partial charge on any atom is -0.310 e. The molecule has 0 spiro atoms. The summed E-state index contributed by atoms with van der Waals surface area (Å²) >= 11 is 0. The van der Waals surface area contributed by atoms with Crippen LogP contribution in [0.1, 0.15) is 50.8 Å². The van der Waals surface area contributed by atoms with Crippen LogP contribution < -0.4 is 5.32 Å².